The normalized spacial score (nSPS) is 9.80. The summed E-state index contributed by atoms with van der Waals surface area (Å²) in [6.07, 6.45) is 1.25. The molecule has 2 amide bonds. The second-order valence-electron chi connectivity index (χ2n) is 1.57. The number of allylic oxidation sites excluding steroid dienone is 2. The summed E-state index contributed by atoms with van der Waals surface area (Å²) in [5.74, 6) is 0. The molecule has 0 fully saturated rings. The minimum atomic E-state index is -0.689. The number of hydrogen-bond donors (Lipinski definition) is 3. The van der Waals surface area contributed by atoms with Gasteiger partial charge in [-0.1, -0.05) is 0 Å². The van der Waals surface area contributed by atoms with Gasteiger partial charge in [0.2, 0.25) is 0 Å². The first kappa shape index (κ1) is 8.30. The Kier molecular flexibility index (Phi) is 3.49. The molecule has 5 nitrogen and oxygen atoms in total. The van der Waals surface area contributed by atoms with Crippen molar-refractivity contribution in [3.63, 3.8) is 0 Å². The zero-order valence-corrected chi connectivity index (χ0v) is 5.51. The number of nitrogens with one attached hydrogen (secondary N) is 2. The molecule has 0 aliphatic heterocycles. The standard InChI is InChI=1S/C5H8N4O/c1-4(2-3-6)8-9-5(7)10/h2,8H,1H3,(H3,7,9,10)/b4-2+. The lowest BCUT2D eigenvalue weighted by molar-refractivity contribution is 0.246. The van der Waals surface area contributed by atoms with Gasteiger partial charge in [-0.15, -0.1) is 0 Å². The molecule has 4 N–H and O–H groups in total. The number of urea groups is 1. The summed E-state index contributed by atoms with van der Waals surface area (Å²) in [7, 11) is 0. The first-order valence-corrected chi connectivity index (χ1v) is 2.54. The van der Waals surface area contributed by atoms with Crippen molar-refractivity contribution in [2.75, 3.05) is 0 Å². The Bertz CT molecular complexity index is 190. The highest BCUT2D eigenvalue weighted by atomic mass is 16.2. The maximum Gasteiger partial charge on any atom is 0.330 e. The second-order valence-corrected chi connectivity index (χ2v) is 1.57. The molecule has 0 saturated heterocycles. The molecule has 0 aliphatic carbocycles. The van der Waals surface area contributed by atoms with Crippen LogP contribution in [0, 0.1) is 11.3 Å². The summed E-state index contributed by atoms with van der Waals surface area (Å²) < 4.78 is 0. The topological polar surface area (TPSA) is 90.9 Å². The number of amides is 2. The lowest BCUT2D eigenvalue weighted by atomic mass is 10.5. The van der Waals surface area contributed by atoms with Gasteiger partial charge in [0, 0.05) is 11.8 Å². The number of hydrazine groups is 1. The smallest absolute Gasteiger partial charge is 0.330 e. The third kappa shape index (κ3) is 4.46. The van der Waals surface area contributed by atoms with Crippen LogP contribution in [-0.4, -0.2) is 6.03 Å². The number of nitrogens with zero attached hydrogens (tertiary/aromatic N) is 1. The predicted octanol–water partition coefficient (Wildman–Crippen LogP) is -0.413. The molecule has 0 saturated carbocycles. The van der Waals surface area contributed by atoms with E-state index < -0.39 is 6.03 Å². The van der Waals surface area contributed by atoms with Gasteiger partial charge in [-0.2, -0.15) is 5.26 Å². The molecule has 0 heterocycles. The first-order valence-electron chi connectivity index (χ1n) is 2.54. The molecule has 0 aromatic heterocycles. The van der Waals surface area contributed by atoms with Crippen LogP contribution in [0.25, 0.3) is 0 Å². The van der Waals surface area contributed by atoms with Crippen molar-refractivity contribution in [3.05, 3.63) is 11.8 Å². The zero-order valence-electron chi connectivity index (χ0n) is 5.51. The van der Waals surface area contributed by atoms with E-state index in [-0.39, 0.29) is 0 Å². The highest BCUT2D eigenvalue weighted by molar-refractivity contribution is 5.71. The SMILES string of the molecule is C/C(=C\C#N)NNC(N)=O. The Morgan fingerprint density at radius 2 is 2.30 bits per heavy atom. The van der Waals surface area contributed by atoms with E-state index in [1.54, 1.807) is 13.0 Å². The molecule has 0 aromatic rings. The molecule has 54 valence electrons. The minimum Gasteiger partial charge on any atom is -0.350 e. The molecule has 0 spiro atoms. The molecule has 0 bridgehead atoms. The van der Waals surface area contributed by atoms with Gasteiger partial charge in [-0.25, -0.2) is 4.79 Å². The van der Waals surface area contributed by atoms with Crippen LogP contribution in [0.2, 0.25) is 0 Å². The maximum absolute atomic E-state index is 10.0. The van der Waals surface area contributed by atoms with Gasteiger partial charge in [0.1, 0.15) is 0 Å². The van der Waals surface area contributed by atoms with Crippen molar-refractivity contribution in [2.24, 2.45) is 5.73 Å². The number of nitrogens with two attached hydrogens (primary N) is 1. The summed E-state index contributed by atoms with van der Waals surface area (Å²) in [6, 6.07) is 1.09. The lowest BCUT2D eigenvalue weighted by Crippen LogP contribution is -2.39. The number of hydrogen-bond acceptors (Lipinski definition) is 3. The van der Waals surface area contributed by atoms with Crippen LogP contribution in [0.4, 0.5) is 4.79 Å². The zero-order chi connectivity index (χ0) is 7.98. The number of carbonyl (C=O) groups is 1. The average Bonchev–Trinajstić information content (AvgIpc) is 1.85. The van der Waals surface area contributed by atoms with E-state index in [2.05, 4.69) is 10.9 Å². The molecule has 0 aromatic carbocycles. The summed E-state index contributed by atoms with van der Waals surface area (Å²) in [6.45, 7) is 1.62. The fraction of sp³-hybridized carbons (Fsp3) is 0.200. The van der Waals surface area contributed by atoms with Crippen molar-refractivity contribution < 1.29 is 4.79 Å². The van der Waals surface area contributed by atoms with Gasteiger partial charge in [0.15, 0.2) is 0 Å². The van der Waals surface area contributed by atoms with Crippen LogP contribution in [0.3, 0.4) is 0 Å². The Morgan fingerprint density at radius 1 is 1.70 bits per heavy atom. The van der Waals surface area contributed by atoms with Crippen LogP contribution < -0.4 is 16.6 Å². The lowest BCUT2D eigenvalue weighted by Gasteiger charge is -2.02. The summed E-state index contributed by atoms with van der Waals surface area (Å²) in [5, 5.41) is 8.09. The number of rotatable bonds is 2. The molecule has 0 unspecified atom stereocenters. The Labute approximate surface area is 58.5 Å². The average molecular weight is 140 g/mol. The van der Waals surface area contributed by atoms with E-state index in [1.165, 1.54) is 6.08 Å². The molecular formula is C5H8N4O. The molecule has 0 aliphatic rings. The van der Waals surface area contributed by atoms with E-state index in [0.717, 1.165) is 0 Å². The molecule has 0 atom stereocenters. The summed E-state index contributed by atoms with van der Waals surface area (Å²) >= 11 is 0. The highest BCUT2D eigenvalue weighted by Crippen LogP contribution is 1.79. The van der Waals surface area contributed by atoms with Gasteiger partial charge in [-0.05, 0) is 6.92 Å². The van der Waals surface area contributed by atoms with Gasteiger partial charge < -0.3 is 11.2 Å². The van der Waals surface area contributed by atoms with Gasteiger partial charge in [0.25, 0.3) is 0 Å². The third-order valence-electron chi connectivity index (χ3n) is 0.664. The van der Waals surface area contributed by atoms with Crippen molar-refractivity contribution in [1.29, 1.82) is 5.26 Å². The van der Waals surface area contributed by atoms with Gasteiger partial charge in [-0.3, -0.25) is 5.43 Å². The van der Waals surface area contributed by atoms with E-state index >= 15 is 0 Å². The van der Waals surface area contributed by atoms with E-state index in [0.29, 0.717) is 5.70 Å². The monoisotopic (exact) mass is 140 g/mol. The van der Waals surface area contributed by atoms with Crippen molar-refractivity contribution in [2.45, 2.75) is 6.92 Å². The fourth-order valence-electron chi connectivity index (χ4n) is 0.293. The summed E-state index contributed by atoms with van der Waals surface area (Å²) in [5.41, 5.74) is 9.74. The largest absolute Gasteiger partial charge is 0.350 e. The Hall–Kier alpha value is -1.70. The Balaban J connectivity index is 3.62. The quantitative estimate of drug-likeness (QED) is 0.359. The summed E-state index contributed by atoms with van der Waals surface area (Å²) in [4.78, 5) is 10.0. The van der Waals surface area contributed by atoms with E-state index in [4.69, 9.17) is 11.0 Å². The van der Waals surface area contributed by atoms with Gasteiger partial charge in [0.05, 0.1) is 6.07 Å². The van der Waals surface area contributed by atoms with Crippen LogP contribution in [0.5, 0.6) is 0 Å². The van der Waals surface area contributed by atoms with Crippen LogP contribution in [0.1, 0.15) is 6.92 Å². The highest BCUT2D eigenvalue weighted by Gasteiger charge is 1.88. The molecule has 5 heteroatoms. The fourth-order valence-corrected chi connectivity index (χ4v) is 0.293. The number of primary amides is 1. The van der Waals surface area contributed by atoms with Crippen molar-refractivity contribution >= 4 is 6.03 Å². The molecule has 0 rings (SSSR count). The van der Waals surface area contributed by atoms with Crippen molar-refractivity contribution in [1.82, 2.24) is 10.9 Å². The van der Waals surface area contributed by atoms with Gasteiger partial charge >= 0.3 is 6.03 Å². The Morgan fingerprint density at radius 3 is 2.70 bits per heavy atom. The predicted molar refractivity (Wildman–Crippen MR) is 35.2 cm³/mol. The van der Waals surface area contributed by atoms with Crippen LogP contribution in [-0.2, 0) is 0 Å². The molecule has 0 radical (unpaired) electrons. The second kappa shape index (κ2) is 4.21. The van der Waals surface area contributed by atoms with Crippen molar-refractivity contribution in [3.8, 4) is 6.07 Å². The maximum atomic E-state index is 10.0. The van der Waals surface area contributed by atoms with E-state index in [9.17, 15) is 4.79 Å². The van der Waals surface area contributed by atoms with Crippen LogP contribution >= 0.6 is 0 Å². The first-order chi connectivity index (χ1) is 4.66. The molecule has 10 heavy (non-hydrogen) atoms. The number of carbonyl (C=O) groups excluding carboxylic acids is 1. The number of nitriles is 1. The molecular weight excluding hydrogens is 132 g/mol. The minimum absolute atomic E-state index is 0.529. The van der Waals surface area contributed by atoms with E-state index in [1.807, 2.05) is 0 Å². The third-order valence-corrected chi connectivity index (χ3v) is 0.664. The van der Waals surface area contributed by atoms with Crippen LogP contribution in [0.15, 0.2) is 11.8 Å².